The minimum Gasteiger partial charge on any atom is -0.456 e. The van der Waals surface area contributed by atoms with Crippen molar-refractivity contribution in [3.63, 3.8) is 0 Å². The molecule has 0 atom stereocenters. The smallest absolute Gasteiger partial charge is 0.143 e. The van der Waals surface area contributed by atoms with E-state index in [0.717, 1.165) is 54.6 Å². The molecule has 0 aliphatic rings. The van der Waals surface area contributed by atoms with E-state index in [1.54, 1.807) is 0 Å². The van der Waals surface area contributed by atoms with Crippen molar-refractivity contribution in [3.05, 3.63) is 158 Å². The summed E-state index contributed by atoms with van der Waals surface area (Å²) in [4.78, 5) is 0. The summed E-state index contributed by atoms with van der Waals surface area (Å²) in [7, 11) is 0. The summed E-state index contributed by atoms with van der Waals surface area (Å²) >= 11 is 1.87. The Morgan fingerprint density at radius 2 is 0.824 bits per heavy atom. The van der Waals surface area contributed by atoms with Crippen molar-refractivity contribution < 1.29 is 8.83 Å². The monoisotopic (exact) mass is 666 g/mol. The Hall–Kier alpha value is -6.42. The minimum absolute atomic E-state index is 0.889. The van der Waals surface area contributed by atoms with Gasteiger partial charge in [-0.3, -0.25) is 0 Å². The van der Waals surface area contributed by atoms with Crippen LogP contribution in [-0.4, -0.2) is 0 Å². The molecule has 0 fully saturated rings. The van der Waals surface area contributed by atoms with Crippen LogP contribution in [0.25, 0.3) is 119 Å². The molecule has 51 heavy (non-hydrogen) atoms. The average molecular weight is 667 g/mol. The highest BCUT2D eigenvalue weighted by molar-refractivity contribution is 7.25. The van der Waals surface area contributed by atoms with E-state index in [2.05, 4.69) is 146 Å². The lowest BCUT2D eigenvalue weighted by molar-refractivity contribution is 0.669. The zero-order valence-electron chi connectivity index (χ0n) is 27.2. The predicted molar refractivity (Wildman–Crippen MR) is 217 cm³/mol. The molecular formula is C48H26O2S. The normalized spacial score (nSPS) is 12.3. The number of fused-ring (bicyclic) bond motifs is 14. The lowest BCUT2D eigenvalue weighted by atomic mass is 9.85. The molecule has 0 spiro atoms. The third-order valence-electron chi connectivity index (χ3n) is 10.9. The van der Waals surface area contributed by atoms with Crippen molar-refractivity contribution in [2.24, 2.45) is 0 Å². The molecule has 0 saturated carbocycles. The summed E-state index contributed by atoms with van der Waals surface area (Å²) in [6.45, 7) is 0. The Labute approximate surface area is 295 Å². The van der Waals surface area contributed by atoms with Gasteiger partial charge in [0, 0.05) is 47.1 Å². The molecule has 0 N–H and O–H groups in total. The highest BCUT2D eigenvalue weighted by atomic mass is 32.1. The van der Waals surface area contributed by atoms with Gasteiger partial charge in [-0.15, -0.1) is 11.3 Å². The number of hydrogen-bond donors (Lipinski definition) is 0. The molecule has 3 aromatic heterocycles. The zero-order chi connectivity index (χ0) is 33.2. The molecule has 0 aliphatic heterocycles. The number of thiophene rings is 1. The summed E-state index contributed by atoms with van der Waals surface area (Å²) in [5.41, 5.74) is 8.55. The van der Waals surface area contributed by atoms with Gasteiger partial charge in [-0.05, 0) is 97.7 Å². The first-order valence-electron chi connectivity index (χ1n) is 17.3. The van der Waals surface area contributed by atoms with Gasteiger partial charge in [0.25, 0.3) is 0 Å². The van der Waals surface area contributed by atoms with E-state index in [1.807, 2.05) is 23.5 Å². The Morgan fingerprint density at radius 1 is 0.314 bits per heavy atom. The van der Waals surface area contributed by atoms with E-state index in [4.69, 9.17) is 8.83 Å². The van der Waals surface area contributed by atoms with E-state index < -0.39 is 0 Å². The molecule has 0 bridgehead atoms. The fraction of sp³-hybridized carbons (Fsp3) is 0. The van der Waals surface area contributed by atoms with Crippen molar-refractivity contribution in [1.82, 2.24) is 0 Å². The summed E-state index contributed by atoms with van der Waals surface area (Å²) < 4.78 is 15.5. The van der Waals surface area contributed by atoms with E-state index in [-0.39, 0.29) is 0 Å². The minimum atomic E-state index is 0.889. The Bertz CT molecular complexity index is 3370. The van der Waals surface area contributed by atoms with Gasteiger partial charge in [0.05, 0.1) is 0 Å². The standard InChI is InChI=1S/C48H26O2S/c1-3-12-33-31(10-1)45(32-11-2-4-13-34(32)46(33)28-17-19-30-29-9-6-8-16-43(29)51-44(30)26-28)27-18-23-41-39(25-27)37-21-20-35-36(48(37)50-41)22-24-42-47(35)38-14-5-7-15-40(38)49-42/h1-26H. The molecule has 0 amide bonds. The maximum atomic E-state index is 6.67. The first-order chi connectivity index (χ1) is 25.3. The van der Waals surface area contributed by atoms with E-state index in [9.17, 15) is 0 Å². The van der Waals surface area contributed by atoms with Crippen LogP contribution in [0.5, 0.6) is 0 Å². The van der Waals surface area contributed by atoms with E-state index in [0.29, 0.717) is 0 Å². The van der Waals surface area contributed by atoms with Crippen LogP contribution in [0.4, 0.5) is 0 Å². The molecule has 3 heterocycles. The third-order valence-corrected chi connectivity index (χ3v) is 12.0. The summed E-state index contributed by atoms with van der Waals surface area (Å²) in [6.07, 6.45) is 0. The molecule has 3 heteroatoms. The number of para-hydroxylation sites is 1. The van der Waals surface area contributed by atoms with Gasteiger partial charge in [-0.2, -0.15) is 0 Å². The molecule has 236 valence electrons. The van der Waals surface area contributed by atoms with Crippen LogP contribution in [0.1, 0.15) is 0 Å². The highest BCUT2D eigenvalue weighted by Crippen LogP contribution is 2.47. The second-order valence-electron chi connectivity index (χ2n) is 13.5. The quantitative estimate of drug-likeness (QED) is 0.172. The van der Waals surface area contributed by atoms with Gasteiger partial charge in [0.15, 0.2) is 0 Å². The second kappa shape index (κ2) is 10.1. The number of rotatable bonds is 2. The molecule has 2 nitrogen and oxygen atoms in total. The SMILES string of the molecule is c1ccc2c(c1)oc1ccc3c(ccc4c5cc(-c6c7ccccc7c(-c7ccc8c(c7)sc7ccccc78)c7ccccc67)ccc5oc43)c12. The van der Waals surface area contributed by atoms with Gasteiger partial charge >= 0.3 is 0 Å². The van der Waals surface area contributed by atoms with Crippen LogP contribution in [0, 0.1) is 0 Å². The van der Waals surface area contributed by atoms with Crippen molar-refractivity contribution >= 4 is 108 Å². The van der Waals surface area contributed by atoms with Crippen LogP contribution >= 0.6 is 11.3 Å². The van der Waals surface area contributed by atoms with Gasteiger partial charge in [-0.25, -0.2) is 0 Å². The van der Waals surface area contributed by atoms with Gasteiger partial charge in [-0.1, -0.05) is 109 Å². The second-order valence-corrected chi connectivity index (χ2v) is 14.6. The topological polar surface area (TPSA) is 26.3 Å². The lowest BCUT2D eigenvalue weighted by Crippen LogP contribution is -1.90. The van der Waals surface area contributed by atoms with Crippen molar-refractivity contribution in [2.45, 2.75) is 0 Å². The molecule has 9 aromatic carbocycles. The maximum absolute atomic E-state index is 6.67. The lowest BCUT2D eigenvalue weighted by Gasteiger charge is -2.18. The van der Waals surface area contributed by atoms with Gasteiger partial charge in [0.2, 0.25) is 0 Å². The van der Waals surface area contributed by atoms with Crippen molar-refractivity contribution in [1.29, 1.82) is 0 Å². The van der Waals surface area contributed by atoms with Crippen molar-refractivity contribution in [2.75, 3.05) is 0 Å². The van der Waals surface area contributed by atoms with Crippen LogP contribution in [0.3, 0.4) is 0 Å². The molecule has 12 rings (SSSR count). The summed E-state index contributed by atoms with van der Waals surface area (Å²) in [5, 5.41) is 14.4. The maximum Gasteiger partial charge on any atom is 0.143 e. The molecule has 0 radical (unpaired) electrons. The van der Waals surface area contributed by atoms with E-state index >= 15 is 0 Å². The number of benzene rings is 9. The fourth-order valence-corrected chi connectivity index (χ4v) is 9.80. The van der Waals surface area contributed by atoms with Crippen molar-refractivity contribution in [3.8, 4) is 22.3 Å². The third kappa shape index (κ3) is 3.76. The van der Waals surface area contributed by atoms with Crippen LogP contribution in [-0.2, 0) is 0 Å². The van der Waals surface area contributed by atoms with Crippen LogP contribution in [0.2, 0.25) is 0 Å². The van der Waals surface area contributed by atoms with Gasteiger partial charge in [0.1, 0.15) is 22.3 Å². The van der Waals surface area contributed by atoms with Gasteiger partial charge < -0.3 is 8.83 Å². The summed E-state index contributed by atoms with van der Waals surface area (Å²) in [5.74, 6) is 0. The highest BCUT2D eigenvalue weighted by Gasteiger charge is 2.20. The average Bonchev–Trinajstić information content (AvgIpc) is 3.87. The first kappa shape index (κ1) is 27.4. The first-order valence-corrected chi connectivity index (χ1v) is 18.1. The Kier molecular flexibility index (Phi) is 5.41. The fourth-order valence-electron chi connectivity index (χ4n) is 8.65. The molecule has 0 unspecified atom stereocenters. The Balaban J connectivity index is 1.10. The number of furan rings is 2. The van der Waals surface area contributed by atoms with Crippen LogP contribution in [0.15, 0.2) is 167 Å². The molecular weight excluding hydrogens is 641 g/mol. The molecule has 12 aromatic rings. The zero-order valence-corrected chi connectivity index (χ0v) is 28.1. The summed E-state index contributed by atoms with van der Waals surface area (Å²) in [6, 6.07) is 57.2. The largest absolute Gasteiger partial charge is 0.456 e. The predicted octanol–water partition coefficient (Wildman–Crippen LogP) is 14.6. The number of hydrogen-bond acceptors (Lipinski definition) is 3. The Morgan fingerprint density at radius 3 is 1.59 bits per heavy atom. The van der Waals surface area contributed by atoms with Crippen LogP contribution < -0.4 is 0 Å². The molecule has 0 saturated heterocycles. The van der Waals surface area contributed by atoms with E-state index in [1.165, 1.54) is 64.0 Å². The molecule has 0 aliphatic carbocycles.